The van der Waals surface area contributed by atoms with Gasteiger partial charge in [0.2, 0.25) is 0 Å². The van der Waals surface area contributed by atoms with E-state index in [4.69, 9.17) is 4.74 Å². The van der Waals surface area contributed by atoms with Gasteiger partial charge in [0.25, 0.3) is 0 Å². The van der Waals surface area contributed by atoms with Crippen LogP contribution in [-0.4, -0.2) is 17.6 Å². The highest BCUT2D eigenvalue weighted by atomic mass is 16.5. The zero-order valence-corrected chi connectivity index (χ0v) is 10.2. The van der Waals surface area contributed by atoms with Crippen molar-refractivity contribution >= 4 is 5.97 Å². The first kappa shape index (κ1) is 11.5. The predicted octanol–water partition coefficient (Wildman–Crippen LogP) is 2.79. The molecule has 1 aromatic heterocycles. The van der Waals surface area contributed by atoms with E-state index in [0.717, 1.165) is 11.3 Å². The number of carbonyl (C=O) groups excluding carboxylic acids is 1. The van der Waals surface area contributed by atoms with E-state index in [0.29, 0.717) is 5.69 Å². The number of ether oxygens (including phenoxy) is 1. The molecule has 2 rings (SSSR count). The molecule has 2 aromatic rings. The third kappa shape index (κ3) is 2.09. The molecule has 0 spiro atoms. The minimum Gasteiger partial charge on any atom is -0.464 e. The van der Waals surface area contributed by atoms with Gasteiger partial charge < -0.3 is 9.30 Å². The third-order valence-electron chi connectivity index (χ3n) is 2.86. The Kier molecular flexibility index (Phi) is 3.00. The highest BCUT2D eigenvalue weighted by Gasteiger charge is 2.13. The minimum atomic E-state index is -0.314. The second-order valence-corrected chi connectivity index (χ2v) is 4.02. The van der Waals surface area contributed by atoms with Gasteiger partial charge in [-0.1, -0.05) is 29.8 Å². The van der Waals surface area contributed by atoms with Crippen LogP contribution in [0.5, 0.6) is 0 Å². The molecule has 0 fully saturated rings. The van der Waals surface area contributed by atoms with E-state index in [1.807, 2.05) is 29.8 Å². The lowest BCUT2D eigenvalue weighted by Gasteiger charge is -2.06. The van der Waals surface area contributed by atoms with E-state index in [9.17, 15) is 4.79 Å². The van der Waals surface area contributed by atoms with Crippen LogP contribution in [0.1, 0.15) is 16.1 Å². The summed E-state index contributed by atoms with van der Waals surface area (Å²) in [4.78, 5) is 11.5. The average molecular weight is 229 g/mol. The Balaban J connectivity index is 2.44. The largest absolute Gasteiger partial charge is 0.464 e. The minimum absolute atomic E-state index is 0.314. The third-order valence-corrected chi connectivity index (χ3v) is 2.86. The monoisotopic (exact) mass is 229 g/mol. The van der Waals surface area contributed by atoms with Gasteiger partial charge in [0, 0.05) is 12.7 Å². The smallest absolute Gasteiger partial charge is 0.354 e. The average Bonchev–Trinajstić information content (AvgIpc) is 2.71. The fourth-order valence-corrected chi connectivity index (χ4v) is 1.83. The normalized spacial score (nSPS) is 10.3. The van der Waals surface area contributed by atoms with Gasteiger partial charge in [0.15, 0.2) is 0 Å². The van der Waals surface area contributed by atoms with Crippen LogP contribution in [0.3, 0.4) is 0 Å². The van der Waals surface area contributed by atoms with Gasteiger partial charge in [-0.25, -0.2) is 4.79 Å². The molecule has 0 aliphatic heterocycles. The number of hydrogen-bond acceptors (Lipinski definition) is 2. The van der Waals surface area contributed by atoms with Crippen molar-refractivity contribution in [2.45, 2.75) is 6.92 Å². The van der Waals surface area contributed by atoms with Crippen molar-refractivity contribution in [3.8, 4) is 11.3 Å². The van der Waals surface area contributed by atoms with Crippen LogP contribution in [0.25, 0.3) is 11.3 Å². The molecule has 3 heteroatoms. The summed E-state index contributed by atoms with van der Waals surface area (Å²) in [5.41, 5.74) is 3.87. The molecule has 0 saturated heterocycles. The Morgan fingerprint density at radius 2 is 1.76 bits per heavy atom. The second kappa shape index (κ2) is 4.45. The van der Waals surface area contributed by atoms with Crippen molar-refractivity contribution in [1.29, 1.82) is 0 Å². The maximum absolute atomic E-state index is 11.5. The van der Waals surface area contributed by atoms with E-state index < -0.39 is 0 Å². The number of aromatic nitrogens is 1. The summed E-state index contributed by atoms with van der Waals surface area (Å²) in [5.74, 6) is -0.314. The van der Waals surface area contributed by atoms with E-state index >= 15 is 0 Å². The molecule has 0 aliphatic carbocycles. The zero-order chi connectivity index (χ0) is 12.4. The summed E-state index contributed by atoms with van der Waals surface area (Å²) in [6.45, 7) is 2.05. The summed E-state index contributed by atoms with van der Waals surface area (Å²) in [6, 6.07) is 11.9. The number of hydrogen-bond donors (Lipinski definition) is 0. The van der Waals surface area contributed by atoms with Gasteiger partial charge in [-0.05, 0) is 24.6 Å². The van der Waals surface area contributed by atoms with Crippen molar-refractivity contribution in [1.82, 2.24) is 4.57 Å². The topological polar surface area (TPSA) is 31.2 Å². The highest BCUT2D eigenvalue weighted by molar-refractivity contribution is 5.89. The van der Waals surface area contributed by atoms with Gasteiger partial charge in [-0.3, -0.25) is 0 Å². The highest BCUT2D eigenvalue weighted by Crippen LogP contribution is 2.22. The first-order chi connectivity index (χ1) is 8.13. The Morgan fingerprint density at radius 1 is 1.12 bits per heavy atom. The lowest BCUT2D eigenvalue weighted by molar-refractivity contribution is 0.0590. The van der Waals surface area contributed by atoms with Crippen molar-refractivity contribution in [3.63, 3.8) is 0 Å². The Hall–Kier alpha value is -2.03. The second-order valence-electron chi connectivity index (χ2n) is 4.02. The predicted molar refractivity (Wildman–Crippen MR) is 66.9 cm³/mol. The Bertz CT molecular complexity index is 538. The van der Waals surface area contributed by atoms with Gasteiger partial charge in [0.1, 0.15) is 5.69 Å². The summed E-state index contributed by atoms with van der Waals surface area (Å²) < 4.78 is 6.57. The molecule has 0 radical (unpaired) electrons. The molecule has 0 unspecified atom stereocenters. The van der Waals surface area contributed by atoms with Gasteiger partial charge >= 0.3 is 5.97 Å². The molecule has 3 nitrogen and oxygen atoms in total. The molecule has 0 N–H and O–H groups in total. The molecular formula is C14H15NO2. The van der Waals surface area contributed by atoms with Crippen LogP contribution in [-0.2, 0) is 11.8 Å². The number of methoxy groups -OCH3 is 1. The first-order valence-electron chi connectivity index (χ1n) is 5.44. The van der Waals surface area contributed by atoms with E-state index in [1.165, 1.54) is 12.7 Å². The molecule has 1 heterocycles. The van der Waals surface area contributed by atoms with Crippen LogP contribution in [0.2, 0.25) is 0 Å². The van der Waals surface area contributed by atoms with E-state index in [1.54, 1.807) is 6.07 Å². The SMILES string of the molecule is COC(=O)c1ccc(-c2ccc(C)cc2)n1C. The fraction of sp³-hybridized carbons (Fsp3) is 0.214. The molecule has 0 aliphatic rings. The number of rotatable bonds is 2. The molecule has 0 atom stereocenters. The Morgan fingerprint density at radius 3 is 2.35 bits per heavy atom. The maximum atomic E-state index is 11.5. The number of esters is 1. The molecule has 88 valence electrons. The molecule has 0 bridgehead atoms. The number of carbonyl (C=O) groups is 1. The van der Waals surface area contributed by atoms with Crippen molar-refractivity contribution in [3.05, 3.63) is 47.7 Å². The zero-order valence-electron chi connectivity index (χ0n) is 10.2. The number of nitrogens with zero attached hydrogens (tertiary/aromatic N) is 1. The fourth-order valence-electron chi connectivity index (χ4n) is 1.83. The maximum Gasteiger partial charge on any atom is 0.354 e. The molecule has 0 saturated carbocycles. The molecule has 0 amide bonds. The molecular weight excluding hydrogens is 214 g/mol. The van der Waals surface area contributed by atoms with Crippen LogP contribution in [0.4, 0.5) is 0 Å². The quantitative estimate of drug-likeness (QED) is 0.741. The van der Waals surface area contributed by atoms with Gasteiger partial charge in [0.05, 0.1) is 7.11 Å². The number of benzene rings is 1. The summed E-state index contributed by atoms with van der Waals surface area (Å²) in [6.07, 6.45) is 0. The molecule has 1 aromatic carbocycles. The van der Waals surface area contributed by atoms with Crippen molar-refractivity contribution in [2.75, 3.05) is 7.11 Å². The summed E-state index contributed by atoms with van der Waals surface area (Å²) in [7, 11) is 3.25. The van der Waals surface area contributed by atoms with Gasteiger partial charge in [-0.2, -0.15) is 0 Å². The van der Waals surface area contributed by atoms with Crippen LogP contribution in [0.15, 0.2) is 36.4 Å². The van der Waals surface area contributed by atoms with Crippen LogP contribution >= 0.6 is 0 Å². The van der Waals surface area contributed by atoms with Crippen molar-refractivity contribution < 1.29 is 9.53 Å². The van der Waals surface area contributed by atoms with Crippen molar-refractivity contribution in [2.24, 2.45) is 7.05 Å². The van der Waals surface area contributed by atoms with Gasteiger partial charge in [-0.15, -0.1) is 0 Å². The standard InChI is InChI=1S/C14H15NO2/c1-10-4-6-11(7-5-10)12-8-9-13(15(12)2)14(16)17-3/h4-9H,1-3H3. The van der Waals surface area contributed by atoms with Crippen LogP contribution in [0, 0.1) is 6.92 Å². The molecule has 17 heavy (non-hydrogen) atoms. The lowest BCUT2D eigenvalue weighted by Crippen LogP contribution is -2.07. The summed E-state index contributed by atoms with van der Waals surface area (Å²) >= 11 is 0. The summed E-state index contributed by atoms with van der Waals surface area (Å²) in [5, 5.41) is 0. The Labute approximate surface area is 101 Å². The van der Waals surface area contributed by atoms with E-state index in [-0.39, 0.29) is 5.97 Å². The first-order valence-corrected chi connectivity index (χ1v) is 5.44. The lowest BCUT2D eigenvalue weighted by atomic mass is 10.1. The number of aryl methyl sites for hydroxylation is 1. The van der Waals surface area contributed by atoms with E-state index in [2.05, 4.69) is 19.1 Å². The van der Waals surface area contributed by atoms with Crippen LogP contribution < -0.4 is 0 Å².